The number of nitrogens with one attached hydrogen (secondary N) is 1. The van der Waals surface area contributed by atoms with E-state index in [4.69, 9.17) is 4.42 Å². The Bertz CT molecular complexity index is 2110. The highest BCUT2D eigenvalue weighted by Gasteiger charge is 2.32. The van der Waals surface area contributed by atoms with Gasteiger partial charge in [0.05, 0.1) is 29.4 Å². The number of furan rings is 1. The van der Waals surface area contributed by atoms with Crippen molar-refractivity contribution in [3.63, 3.8) is 0 Å². The molecular weight excluding hydrogens is 590 g/mol. The lowest BCUT2D eigenvalue weighted by molar-refractivity contribution is 0.0627. The molecular formula is C32H30F2N4O5S. The number of halogens is 2. The summed E-state index contributed by atoms with van der Waals surface area (Å²) in [6.45, 7) is 1.52. The standard InChI is InChI=1S/C32H30F2N4O5S/c1-44(41,42)38(10-9-33)27-18-28-25(29-30(43-28)23-8-5-21(34)16-26(23)35-31(29)39)17-24(27)19-3-2-4-20(15-19)32(40)37-13-11-36(12-14-37)22-6-7-22/h2-5,8,15-18,22H,6-7,9-14H2,1H3,(H,35,39). The Balaban J connectivity index is 1.39. The molecule has 2 aromatic heterocycles. The first-order valence-corrected chi connectivity index (χ1v) is 16.4. The molecule has 0 spiro atoms. The molecule has 2 fully saturated rings. The first-order chi connectivity index (χ1) is 21.1. The molecule has 3 aromatic carbocycles. The number of alkyl halides is 1. The molecule has 1 aliphatic heterocycles. The number of sulfonamides is 1. The number of H-pyrrole nitrogens is 1. The van der Waals surface area contributed by atoms with Crippen molar-refractivity contribution in [1.29, 1.82) is 0 Å². The van der Waals surface area contributed by atoms with E-state index in [-0.39, 0.29) is 33.7 Å². The van der Waals surface area contributed by atoms with Crippen molar-refractivity contribution in [2.24, 2.45) is 0 Å². The van der Waals surface area contributed by atoms with Gasteiger partial charge in [-0.15, -0.1) is 0 Å². The number of hydrogen-bond acceptors (Lipinski definition) is 6. The molecule has 0 bridgehead atoms. The summed E-state index contributed by atoms with van der Waals surface area (Å²) in [6.07, 6.45) is 3.41. The normalized spacial score (nSPS) is 16.3. The maximum Gasteiger partial charge on any atom is 0.260 e. The van der Waals surface area contributed by atoms with Crippen molar-refractivity contribution in [2.45, 2.75) is 18.9 Å². The molecule has 12 heteroatoms. The Morgan fingerprint density at radius 1 is 1.05 bits per heavy atom. The summed E-state index contributed by atoms with van der Waals surface area (Å²) in [7, 11) is -3.95. The number of pyridine rings is 1. The van der Waals surface area contributed by atoms with Crippen LogP contribution in [0.5, 0.6) is 0 Å². The minimum absolute atomic E-state index is 0.127. The van der Waals surface area contributed by atoms with E-state index in [1.807, 2.05) is 4.90 Å². The number of aromatic amines is 1. The number of piperazine rings is 1. The number of rotatable bonds is 7. The third kappa shape index (κ3) is 5.01. The lowest BCUT2D eigenvalue weighted by atomic mass is 9.98. The number of anilines is 1. The molecule has 1 saturated carbocycles. The summed E-state index contributed by atoms with van der Waals surface area (Å²) in [4.78, 5) is 33.8. The number of aromatic nitrogens is 1. The fourth-order valence-corrected chi connectivity index (χ4v) is 7.17. The van der Waals surface area contributed by atoms with E-state index >= 15 is 0 Å². The second-order valence-electron chi connectivity index (χ2n) is 11.5. The van der Waals surface area contributed by atoms with Crippen LogP contribution in [-0.4, -0.2) is 80.8 Å². The Labute approximate surface area is 251 Å². The second kappa shape index (κ2) is 10.7. The van der Waals surface area contributed by atoms with Gasteiger partial charge >= 0.3 is 0 Å². The second-order valence-corrected chi connectivity index (χ2v) is 13.4. The summed E-state index contributed by atoms with van der Waals surface area (Å²) in [5.41, 5.74) is 1.65. The maximum absolute atomic E-state index is 13.9. The number of carbonyl (C=O) groups is 1. The Hall–Kier alpha value is -4.29. The van der Waals surface area contributed by atoms with E-state index in [9.17, 15) is 26.8 Å². The van der Waals surface area contributed by atoms with E-state index in [1.165, 1.54) is 37.1 Å². The van der Waals surface area contributed by atoms with Crippen LogP contribution < -0.4 is 9.86 Å². The van der Waals surface area contributed by atoms with Crippen LogP contribution in [0.1, 0.15) is 23.2 Å². The number of benzene rings is 3. The Morgan fingerprint density at radius 2 is 1.82 bits per heavy atom. The fraction of sp³-hybridized carbons (Fsp3) is 0.312. The molecule has 2 aliphatic rings. The van der Waals surface area contributed by atoms with Crippen LogP contribution in [-0.2, 0) is 10.0 Å². The highest BCUT2D eigenvalue weighted by Crippen LogP contribution is 2.40. The van der Waals surface area contributed by atoms with Crippen molar-refractivity contribution in [3.8, 4) is 11.1 Å². The van der Waals surface area contributed by atoms with Gasteiger partial charge in [0.15, 0.2) is 0 Å². The van der Waals surface area contributed by atoms with Gasteiger partial charge in [-0.2, -0.15) is 0 Å². The molecule has 1 N–H and O–H groups in total. The van der Waals surface area contributed by atoms with Gasteiger partial charge < -0.3 is 14.3 Å². The van der Waals surface area contributed by atoms with Crippen LogP contribution >= 0.6 is 0 Å². The largest absolute Gasteiger partial charge is 0.455 e. The predicted molar refractivity (Wildman–Crippen MR) is 166 cm³/mol. The summed E-state index contributed by atoms with van der Waals surface area (Å²) >= 11 is 0. The van der Waals surface area contributed by atoms with Gasteiger partial charge in [-0.3, -0.25) is 18.8 Å². The van der Waals surface area contributed by atoms with Gasteiger partial charge in [-0.05, 0) is 54.8 Å². The van der Waals surface area contributed by atoms with Gasteiger partial charge in [0.1, 0.15) is 23.7 Å². The minimum atomic E-state index is -3.95. The van der Waals surface area contributed by atoms with Crippen molar-refractivity contribution >= 4 is 54.5 Å². The zero-order chi connectivity index (χ0) is 30.7. The lowest BCUT2D eigenvalue weighted by Crippen LogP contribution is -2.49. The summed E-state index contributed by atoms with van der Waals surface area (Å²) < 4.78 is 60.5. The lowest BCUT2D eigenvalue weighted by Gasteiger charge is -2.35. The van der Waals surface area contributed by atoms with Gasteiger partial charge in [-0.25, -0.2) is 17.2 Å². The molecule has 3 heterocycles. The third-order valence-corrected chi connectivity index (χ3v) is 9.73. The molecule has 7 rings (SSSR count). The number of fused-ring (bicyclic) bond motifs is 5. The first kappa shape index (κ1) is 28.5. The monoisotopic (exact) mass is 620 g/mol. The average Bonchev–Trinajstić information content (AvgIpc) is 3.78. The van der Waals surface area contributed by atoms with Crippen LogP contribution in [0.4, 0.5) is 14.5 Å². The summed E-state index contributed by atoms with van der Waals surface area (Å²) in [5, 5.41) is 1.08. The highest BCUT2D eigenvalue weighted by atomic mass is 32.2. The molecule has 0 unspecified atom stereocenters. The number of nitrogens with zero attached hydrogens (tertiary/aromatic N) is 3. The van der Waals surface area contributed by atoms with Crippen LogP contribution in [0.3, 0.4) is 0 Å². The molecule has 228 valence electrons. The maximum atomic E-state index is 13.9. The van der Waals surface area contributed by atoms with Gasteiger partial charge in [0, 0.05) is 60.2 Å². The van der Waals surface area contributed by atoms with E-state index < -0.39 is 34.6 Å². The van der Waals surface area contributed by atoms with Crippen LogP contribution in [0.2, 0.25) is 0 Å². The molecule has 5 aromatic rings. The van der Waals surface area contributed by atoms with E-state index in [0.717, 1.165) is 23.7 Å². The van der Waals surface area contributed by atoms with Crippen LogP contribution in [0.15, 0.2) is 63.8 Å². The number of amides is 1. The highest BCUT2D eigenvalue weighted by molar-refractivity contribution is 7.92. The number of hydrogen-bond donors (Lipinski definition) is 1. The van der Waals surface area contributed by atoms with Crippen LogP contribution in [0, 0.1) is 5.82 Å². The molecule has 0 atom stereocenters. The quantitative estimate of drug-likeness (QED) is 0.278. The molecule has 0 radical (unpaired) electrons. The molecule has 9 nitrogen and oxygen atoms in total. The first-order valence-electron chi connectivity index (χ1n) is 14.5. The fourth-order valence-electron chi connectivity index (χ4n) is 6.26. The zero-order valence-corrected chi connectivity index (χ0v) is 24.8. The average molecular weight is 621 g/mol. The molecule has 1 amide bonds. The minimum Gasteiger partial charge on any atom is -0.455 e. The van der Waals surface area contributed by atoms with E-state index in [1.54, 1.807) is 30.3 Å². The Morgan fingerprint density at radius 3 is 2.52 bits per heavy atom. The van der Waals surface area contributed by atoms with Gasteiger partial charge in [0.25, 0.3) is 11.5 Å². The smallest absolute Gasteiger partial charge is 0.260 e. The van der Waals surface area contributed by atoms with Crippen molar-refractivity contribution in [3.05, 3.63) is 76.3 Å². The number of carbonyl (C=O) groups excluding carboxylic acids is 1. The molecule has 44 heavy (non-hydrogen) atoms. The predicted octanol–water partition coefficient (Wildman–Crippen LogP) is 4.89. The van der Waals surface area contributed by atoms with E-state index in [0.29, 0.717) is 46.6 Å². The van der Waals surface area contributed by atoms with Gasteiger partial charge in [-0.1, -0.05) is 12.1 Å². The molecule has 1 saturated heterocycles. The Kier molecular flexibility index (Phi) is 6.93. The van der Waals surface area contributed by atoms with Crippen LogP contribution in [0.25, 0.3) is 44.0 Å². The van der Waals surface area contributed by atoms with Crippen molar-refractivity contribution in [1.82, 2.24) is 14.8 Å². The summed E-state index contributed by atoms with van der Waals surface area (Å²) in [6, 6.07) is 14.6. The SMILES string of the molecule is CS(=O)(=O)N(CCF)c1cc2oc3c4ccc(F)cc4[nH]c(=O)c3c2cc1-c1cccc(C(=O)N2CCN(C3CC3)CC2)c1. The topological polar surface area (TPSA) is 107 Å². The van der Waals surface area contributed by atoms with Gasteiger partial charge in [0.2, 0.25) is 10.0 Å². The molecule has 1 aliphatic carbocycles. The summed E-state index contributed by atoms with van der Waals surface area (Å²) in [5.74, 6) is -0.653. The van der Waals surface area contributed by atoms with E-state index in [2.05, 4.69) is 9.88 Å². The van der Waals surface area contributed by atoms with Crippen molar-refractivity contribution in [2.75, 3.05) is 50.0 Å². The van der Waals surface area contributed by atoms with Crippen molar-refractivity contribution < 1.29 is 26.4 Å². The third-order valence-electron chi connectivity index (χ3n) is 8.55. The zero-order valence-electron chi connectivity index (χ0n) is 24.0.